The topological polar surface area (TPSA) is 93.9 Å². The molecule has 3 aromatic heterocycles. The molecule has 1 aliphatic heterocycles. The van der Waals surface area contributed by atoms with E-state index in [1.54, 1.807) is 27.6 Å². The fraction of sp³-hybridized carbons (Fsp3) is 0.208. The summed E-state index contributed by atoms with van der Waals surface area (Å²) in [7, 11) is -3.77. The molecular weight excluding hydrogens is 495 g/mol. The number of sulfone groups is 1. The van der Waals surface area contributed by atoms with Gasteiger partial charge >= 0.3 is 0 Å². The van der Waals surface area contributed by atoms with Gasteiger partial charge in [-0.15, -0.1) is 0 Å². The zero-order valence-electron chi connectivity index (χ0n) is 18.4. The van der Waals surface area contributed by atoms with Gasteiger partial charge in [-0.05, 0) is 42.5 Å². The van der Waals surface area contributed by atoms with E-state index in [0.717, 1.165) is 12.1 Å². The molecule has 0 bridgehead atoms. The van der Waals surface area contributed by atoms with Crippen molar-refractivity contribution in [1.82, 2.24) is 19.3 Å². The van der Waals surface area contributed by atoms with Gasteiger partial charge in [-0.3, -0.25) is 9.20 Å². The van der Waals surface area contributed by atoms with E-state index in [4.69, 9.17) is 16.3 Å². The molecule has 1 saturated heterocycles. The fourth-order valence-electron chi connectivity index (χ4n) is 3.92. The molecule has 1 amide bonds. The summed E-state index contributed by atoms with van der Waals surface area (Å²) < 4.78 is 45.9. The number of aromatic nitrogens is 3. The van der Waals surface area contributed by atoms with Crippen LogP contribution in [0.4, 0.5) is 4.39 Å². The maximum Gasteiger partial charge on any atom is 0.272 e. The van der Waals surface area contributed by atoms with Crippen molar-refractivity contribution in [1.29, 1.82) is 0 Å². The maximum atomic E-state index is 13.2. The number of amides is 1. The van der Waals surface area contributed by atoms with Crippen LogP contribution in [-0.2, 0) is 20.3 Å². The van der Waals surface area contributed by atoms with E-state index in [-0.39, 0.29) is 16.0 Å². The second kappa shape index (κ2) is 9.37. The van der Waals surface area contributed by atoms with Crippen LogP contribution in [-0.4, -0.2) is 59.9 Å². The van der Waals surface area contributed by atoms with Crippen LogP contribution in [0.25, 0.3) is 16.8 Å². The smallest absolute Gasteiger partial charge is 0.272 e. The molecule has 0 radical (unpaired) electrons. The van der Waals surface area contributed by atoms with Crippen molar-refractivity contribution >= 4 is 33.0 Å². The van der Waals surface area contributed by atoms with Gasteiger partial charge in [-0.25, -0.2) is 22.8 Å². The van der Waals surface area contributed by atoms with Gasteiger partial charge < -0.3 is 9.64 Å². The van der Waals surface area contributed by atoms with E-state index >= 15 is 0 Å². The predicted octanol–water partition coefficient (Wildman–Crippen LogP) is 3.64. The molecule has 1 aromatic carbocycles. The molecule has 35 heavy (non-hydrogen) atoms. The molecule has 4 heterocycles. The molecule has 0 spiro atoms. The summed E-state index contributed by atoms with van der Waals surface area (Å²) in [4.78, 5) is 23.2. The Labute approximate surface area is 205 Å². The minimum atomic E-state index is -3.77. The number of carbonyl (C=O) groups excluding carboxylic acids is 1. The lowest BCUT2D eigenvalue weighted by molar-refractivity contribution is 0.0298. The monoisotopic (exact) mass is 514 g/mol. The van der Waals surface area contributed by atoms with Crippen LogP contribution in [0.15, 0.2) is 66.0 Å². The first-order valence-electron chi connectivity index (χ1n) is 10.8. The number of hydrogen-bond acceptors (Lipinski definition) is 6. The van der Waals surface area contributed by atoms with Gasteiger partial charge in [0, 0.05) is 42.2 Å². The van der Waals surface area contributed by atoms with Gasteiger partial charge in [0.15, 0.2) is 9.84 Å². The predicted molar refractivity (Wildman–Crippen MR) is 127 cm³/mol. The average molecular weight is 515 g/mol. The molecule has 0 atom stereocenters. The summed E-state index contributed by atoms with van der Waals surface area (Å²) in [5.74, 6) is -1.06. The largest absolute Gasteiger partial charge is 0.378 e. The van der Waals surface area contributed by atoms with Crippen LogP contribution in [0, 0.1) is 5.82 Å². The molecule has 1 aliphatic rings. The summed E-state index contributed by atoms with van der Waals surface area (Å²) in [6.07, 6.45) is 4.84. The van der Waals surface area contributed by atoms with E-state index in [0.29, 0.717) is 54.3 Å². The van der Waals surface area contributed by atoms with Crippen LogP contribution >= 0.6 is 11.6 Å². The summed E-state index contributed by atoms with van der Waals surface area (Å²) >= 11 is 6.22. The zero-order valence-corrected chi connectivity index (χ0v) is 20.0. The fourth-order valence-corrected chi connectivity index (χ4v) is 5.52. The summed E-state index contributed by atoms with van der Waals surface area (Å²) in [5.41, 5.74) is 2.66. The number of halogens is 2. The Morgan fingerprint density at radius 1 is 1.03 bits per heavy atom. The number of hydrogen-bond donors (Lipinski definition) is 0. The van der Waals surface area contributed by atoms with Crippen LogP contribution in [0.5, 0.6) is 0 Å². The SMILES string of the molecule is O=C(c1cnc2ccc(-c3cnc(Cl)c(CS(=O)(=O)c4ccc(F)cc4)c3)cn12)N1CCOCC1. The molecule has 5 rings (SSSR count). The van der Waals surface area contributed by atoms with Gasteiger partial charge in [0.25, 0.3) is 5.91 Å². The Hall–Kier alpha value is -3.34. The van der Waals surface area contributed by atoms with Crippen molar-refractivity contribution in [3.05, 3.63) is 83.3 Å². The lowest BCUT2D eigenvalue weighted by Gasteiger charge is -2.26. The number of fused-ring (bicyclic) bond motifs is 1. The molecule has 1 fully saturated rings. The Morgan fingerprint density at radius 3 is 2.51 bits per heavy atom. The van der Waals surface area contributed by atoms with Gasteiger partial charge in [-0.2, -0.15) is 0 Å². The lowest BCUT2D eigenvalue weighted by atomic mass is 10.1. The number of carbonyl (C=O) groups is 1. The molecule has 0 saturated carbocycles. The molecule has 11 heteroatoms. The molecule has 180 valence electrons. The van der Waals surface area contributed by atoms with Gasteiger partial charge in [0.2, 0.25) is 0 Å². The average Bonchev–Trinajstić information content (AvgIpc) is 3.29. The number of pyridine rings is 2. The third-order valence-electron chi connectivity index (χ3n) is 5.79. The van der Waals surface area contributed by atoms with Gasteiger partial charge in [0.05, 0.1) is 30.1 Å². The zero-order chi connectivity index (χ0) is 24.6. The highest BCUT2D eigenvalue weighted by atomic mass is 35.5. The van der Waals surface area contributed by atoms with Crippen LogP contribution < -0.4 is 0 Å². The highest BCUT2D eigenvalue weighted by molar-refractivity contribution is 7.90. The number of benzene rings is 1. The van der Waals surface area contributed by atoms with E-state index in [9.17, 15) is 17.6 Å². The third-order valence-corrected chi connectivity index (χ3v) is 7.81. The highest BCUT2D eigenvalue weighted by Gasteiger charge is 2.22. The normalized spacial score (nSPS) is 14.4. The van der Waals surface area contributed by atoms with E-state index in [1.165, 1.54) is 24.5 Å². The van der Waals surface area contributed by atoms with Gasteiger partial charge in [-0.1, -0.05) is 11.6 Å². The second-order valence-electron chi connectivity index (χ2n) is 8.08. The standard InChI is InChI=1S/C24H20ClFN4O4S/c25-23-18(15-35(32,33)20-4-2-19(26)3-5-20)11-17(12-28-23)16-1-6-22-27-13-21(30(22)14-16)24(31)29-7-9-34-10-8-29/h1-6,11-14H,7-10,15H2. The van der Waals surface area contributed by atoms with Crippen molar-refractivity contribution in [3.8, 4) is 11.1 Å². The molecule has 0 N–H and O–H groups in total. The Morgan fingerprint density at radius 2 is 1.77 bits per heavy atom. The number of ether oxygens (including phenoxy) is 1. The van der Waals surface area contributed by atoms with E-state index in [2.05, 4.69) is 9.97 Å². The minimum absolute atomic E-state index is 0.00790. The Bertz CT molecular complexity index is 1520. The second-order valence-corrected chi connectivity index (χ2v) is 10.4. The lowest BCUT2D eigenvalue weighted by Crippen LogP contribution is -2.41. The van der Waals surface area contributed by atoms with E-state index in [1.807, 2.05) is 6.07 Å². The first kappa shape index (κ1) is 23.4. The number of nitrogens with zero attached hydrogens (tertiary/aromatic N) is 4. The first-order chi connectivity index (χ1) is 16.8. The third kappa shape index (κ3) is 4.77. The first-order valence-corrected chi connectivity index (χ1v) is 12.8. The quantitative estimate of drug-likeness (QED) is 0.298. The van der Waals surface area contributed by atoms with Crippen LogP contribution in [0.3, 0.4) is 0 Å². The molecule has 0 aliphatic carbocycles. The minimum Gasteiger partial charge on any atom is -0.378 e. The Kier molecular flexibility index (Phi) is 6.26. The maximum absolute atomic E-state index is 13.2. The highest BCUT2D eigenvalue weighted by Crippen LogP contribution is 2.27. The number of imidazole rings is 1. The van der Waals surface area contributed by atoms with Crippen LogP contribution in [0.1, 0.15) is 16.1 Å². The van der Waals surface area contributed by atoms with E-state index < -0.39 is 21.4 Å². The number of morpholine rings is 1. The van der Waals surface area contributed by atoms with Crippen molar-refractivity contribution < 1.29 is 22.3 Å². The molecular formula is C24H20ClFN4O4S. The van der Waals surface area contributed by atoms with Gasteiger partial charge in [0.1, 0.15) is 22.3 Å². The van der Waals surface area contributed by atoms with Crippen molar-refractivity contribution in [2.45, 2.75) is 10.6 Å². The molecule has 0 unspecified atom stereocenters. The van der Waals surface area contributed by atoms with Crippen molar-refractivity contribution in [3.63, 3.8) is 0 Å². The summed E-state index contributed by atoms with van der Waals surface area (Å²) in [5, 5.41) is 0.0614. The Balaban J connectivity index is 1.47. The van der Waals surface area contributed by atoms with Crippen molar-refractivity contribution in [2.24, 2.45) is 0 Å². The number of rotatable bonds is 5. The summed E-state index contributed by atoms with van der Waals surface area (Å²) in [6.45, 7) is 2.01. The molecule has 8 nitrogen and oxygen atoms in total. The molecule has 4 aromatic rings. The summed E-state index contributed by atoms with van der Waals surface area (Å²) in [6, 6.07) is 9.87. The van der Waals surface area contributed by atoms with Crippen LogP contribution in [0.2, 0.25) is 5.15 Å². The van der Waals surface area contributed by atoms with Crippen molar-refractivity contribution in [2.75, 3.05) is 26.3 Å².